The third-order valence-electron chi connectivity index (χ3n) is 4.09. The molecule has 1 aliphatic rings. The van der Waals surface area contributed by atoms with E-state index in [0.29, 0.717) is 17.6 Å². The van der Waals surface area contributed by atoms with Gasteiger partial charge in [-0.3, -0.25) is 0 Å². The number of ether oxygens (including phenoxy) is 1. The van der Waals surface area contributed by atoms with E-state index in [1.54, 1.807) is 6.07 Å². The molecule has 1 aromatic rings. The Morgan fingerprint density at radius 2 is 2.05 bits per heavy atom. The highest BCUT2D eigenvalue weighted by Crippen LogP contribution is 2.36. The van der Waals surface area contributed by atoms with Crippen molar-refractivity contribution in [3.8, 4) is 0 Å². The third kappa shape index (κ3) is 4.00. The second kappa shape index (κ2) is 6.19. The van der Waals surface area contributed by atoms with Gasteiger partial charge in [0, 0.05) is 5.56 Å². The van der Waals surface area contributed by atoms with Gasteiger partial charge in [0.25, 0.3) is 0 Å². The Bertz CT molecular complexity index is 491. The molecule has 0 saturated heterocycles. The molecule has 2 rings (SSSR count). The highest BCUT2D eigenvalue weighted by Gasteiger charge is 2.27. The molecule has 110 valence electrons. The quantitative estimate of drug-likeness (QED) is 0.854. The van der Waals surface area contributed by atoms with Gasteiger partial charge >= 0.3 is 0 Å². The molecular formula is C16H22FNOS. The minimum Gasteiger partial charge on any atom is -0.389 e. The SMILES string of the molecule is CC1(C)CCC(OCc2cc(F)ccc2C(N)=S)CC1. The Hall–Kier alpha value is -1.00. The van der Waals surface area contributed by atoms with Gasteiger partial charge in [-0.25, -0.2) is 4.39 Å². The Kier molecular flexibility index (Phi) is 4.76. The monoisotopic (exact) mass is 295 g/mol. The molecule has 2 N–H and O–H groups in total. The van der Waals surface area contributed by atoms with Crippen molar-refractivity contribution in [3.05, 3.63) is 35.1 Å². The fourth-order valence-corrected chi connectivity index (χ4v) is 2.87. The molecule has 4 heteroatoms. The van der Waals surface area contributed by atoms with E-state index in [1.165, 1.54) is 25.0 Å². The summed E-state index contributed by atoms with van der Waals surface area (Å²) < 4.78 is 19.3. The van der Waals surface area contributed by atoms with E-state index in [9.17, 15) is 4.39 Å². The van der Waals surface area contributed by atoms with E-state index in [0.717, 1.165) is 18.4 Å². The maximum absolute atomic E-state index is 13.3. The Balaban J connectivity index is 1.97. The number of rotatable bonds is 4. The molecule has 0 aliphatic heterocycles. The lowest BCUT2D eigenvalue weighted by molar-refractivity contribution is -0.00570. The Morgan fingerprint density at radius 3 is 2.65 bits per heavy atom. The van der Waals surface area contributed by atoms with Gasteiger partial charge in [-0.05, 0) is 54.9 Å². The first kappa shape index (κ1) is 15.4. The van der Waals surface area contributed by atoms with Crippen molar-refractivity contribution >= 4 is 17.2 Å². The van der Waals surface area contributed by atoms with E-state index in [-0.39, 0.29) is 16.9 Å². The van der Waals surface area contributed by atoms with Crippen LogP contribution in [0.25, 0.3) is 0 Å². The van der Waals surface area contributed by atoms with Gasteiger partial charge in [-0.15, -0.1) is 0 Å². The standard InChI is InChI=1S/C16H22FNOS/c1-16(2)7-5-13(6-8-16)19-10-11-9-12(17)3-4-14(11)15(18)20/h3-4,9,13H,5-8,10H2,1-2H3,(H2,18,20). The van der Waals surface area contributed by atoms with Crippen LogP contribution in [0.3, 0.4) is 0 Å². The summed E-state index contributed by atoms with van der Waals surface area (Å²) in [6.07, 6.45) is 4.71. The van der Waals surface area contributed by atoms with Crippen molar-refractivity contribution in [3.63, 3.8) is 0 Å². The molecule has 0 radical (unpaired) electrons. The van der Waals surface area contributed by atoms with Crippen molar-refractivity contribution in [1.82, 2.24) is 0 Å². The fourth-order valence-electron chi connectivity index (χ4n) is 2.67. The second-order valence-corrected chi connectivity index (χ2v) is 6.78. The van der Waals surface area contributed by atoms with Crippen LogP contribution in [0.15, 0.2) is 18.2 Å². The minimum absolute atomic E-state index is 0.255. The molecule has 0 spiro atoms. The zero-order valence-corrected chi connectivity index (χ0v) is 12.9. The van der Waals surface area contributed by atoms with Crippen molar-refractivity contribution < 1.29 is 9.13 Å². The first-order valence-electron chi connectivity index (χ1n) is 7.07. The summed E-state index contributed by atoms with van der Waals surface area (Å²) in [4.78, 5) is 0.286. The van der Waals surface area contributed by atoms with Gasteiger partial charge in [-0.2, -0.15) is 0 Å². The summed E-state index contributed by atoms with van der Waals surface area (Å²) in [5, 5.41) is 0. The lowest BCUT2D eigenvalue weighted by Gasteiger charge is -2.34. The maximum atomic E-state index is 13.3. The molecule has 0 aromatic heterocycles. The molecule has 0 atom stereocenters. The van der Waals surface area contributed by atoms with Crippen molar-refractivity contribution in [2.75, 3.05) is 0 Å². The van der Waals surface area contributed by atoms with Crippen LogP contribution in [-0.2, 0) is 11.3 Å². The largest absolute Gasteiger partial charge is 0.389 e. The average Bonchev–Trinajstić information content (AvgIpc) is 2.37. The first-order chi connectivity index (χ1) is 9.37. The highest BCUT2D eigenvalue weighted by molar-refractivity contribution is 7.80. The molecule has 0 unspecified atom stereocenters. The van der Waals surface area contributed by atoms with E-state index < -0.39 is 0 Å². The average molecular weight is 295 g/mol. The van der Waals surface area contributed by atoms with Crippen LogP contribution in [0.1, 0.15) is 50.7 Å². The topological polar surface area (TPSA) is 35.2 Å². The van der Waals surface area contributed by atoms with Gasteiger partial charge in [0.2, 0.25) is 0 Å². The number of benzene rings is 1. The zero-order chi connectivity index (χ0) is 14.8. The van der Waals surface area contributed by atoms with Crippen LogP contribution in [0.4, 0.5) is 4.39 Å². The van der Waals surface area contributed by atoms with Crippen LogP contribution >= 0.6 is 12.2 Å². The summed E-state index contributed by atoms with van der Waals surface area (Å²) in [6, 6.07) is 4.46. The van der Waals surface area contributed by atoms with Gasteiger partial charge in [-0.1, -0.05) is 26.1 Å². The van der Waals surface area contributed by atoms with E-state index >= 15 is 0 Å². The van der Waals surface area contributed by atoms with Crippen LogP contribution in [-0.4, -0.2) is 11.1 Å². The summed E-state index contributed by atoms with van der Waals surface area (Å²) in [7, 11) is 0. The summed E-state index contributed by atoms with van der Waals surface area (Å²) in [5.74, 6) is -0.284. The van der Waals surface area contributed by atoms with Gasteiger partial charge < -0.3 is 10.5 Å². The molecule has 0 bridgehead atoms. The van der Waals surface area contributed by atoms with Crippen LogP contribution in [0.2, 0.25) is 0 Å². The predicted molar refractivity (Wildman–Crippen MR) is 83.1 cm³/mol. The lowest BCUT2D eigenvalue weighted by Crippen LogP contribution is -2.26. The van der Waals surface area contributed by atoms with E-state index in [1.807, 2.05) is 0 Å². The smallest absolute Gasteiger partial charge is 0.123 e. The summed E-state index contributed by atoms with van der Waals surface area (Å²) in [5.41, 5.74) is 7.53. The maximum Gasteiger partial charge on any atom is 0.123 e. The third-order valence-corrected chi connectivity index (χ3v) is 4.31. The van der Waals surface area contributed by atoms with E-state index in [2.05, 4.69) is 13.8 Å². The van der Waals surface area contributed by atoms with Gasteiger partial charge in [0.1, 0.15) is 10.8 Å². The van der Waals surface area contributed by atoms with Crippen molar-refractivity contribution in [1.29, 1.82) is 0 Å². The lowest BCUT2D eigenvalue weighted by atomic mass is 9.76. The summed E-state index contributed by atoms with van der Waals surface area (Å²) >= 11 is 4.99. The molecule has 1 fully saturated rings. The Labute approximate surface area is 125 Å². The van der Waals surface area contributed by atoms with Crippen LogP contribution < -0.4 is 5.73 Å². The number of nitrogens with two attached hydrogens (primary N) is 1. The van der Waals surface area contributed by atoms with Crippen molar-refractivity contribution in [2.24, 2.45) is 11.1 Å². The number of thiocarbonyl (C=S) groups is 1. The Morgan fingerprint density at radius 1 is 1.40 bits per heavy atom. The summed E-state index contributed by atoms with van der Waals surface area (Å²) in [6.45, 7) is 4.96. The molecule has 1 saturated carbocycles. The van der Waals surface area contributed by atoms with Crippen LogP contribution in [0, 0.1) is 11.2 Å². The molecule has 20 heavy (non-hydrogen) atoms. The van der Waals surface area contributed by atoms with Gasteiger partial charge in [0.05, 0.1) is 12.7 Å². The zero-order valence-electron chi connectivity index (χ0n) is 12.1. The molecular weight excluding hydrogens is 273 g/mol. The number of hydrogen-bond acceptors (Lipinski definition) is 2. The fraction of sp³-hybridized carbons (Fsp3) is 0.562. The van der Waals surface area contributed by atoms with Crippen molar-refractivity contribution in [2.45, 2.75) is 52.2 Å². The van der Waals surface area contributed by atoms with E-state index in [4.69, 9.17) is 22.7 Å². The first-order valence-corrected chi connectivity index (χ1v) is 7.48. The highest BCUT2D eigenvalue weighted by atomic mass is 32.1. The normalized spacial score (nSPS) is 18.9. The number of hydrogen-bond donors (Lipinski definition) is 1. The second-order valence-electron chi connectivity index (χ2n) is 6.34. The molecule has 1 aromatic carbocycles. The molecule has 2 nitrogen and oxygen atoms in total. The predicted octanol–water partition coefficient (Wildman–Crippen LogP) is 3.95. The molecule has 0 amide bonds. The van der Waals surface area contributed by atoms with Crippen LogP contribution in [0.5, 0.6) is 0 Å². The molecule has 1 aliphatic carbocycles. The minimum atomic E-state index is -0.284. The number of halogens is 1. The van der Waals surface area contributed by atoms with Gasteiger partial charge in [0.15, 0.2) is 0 Å². The molecule has 0 heterocycles.